The number of pyridine rings is 1. The first-order valence-electron chi connectivity index (χ1n) is 8.51. The highest BCUT2D eigenvalue weighted by Gasteiger charge is 2.38. The van der Waals surface area contributed by atoms with Crippen LogP contribution < -0.4 is 0 Å². The first kappa shape index (κ1) is 20.3. The van der Waals surface area contributed by atoms with E-state index in [1.165, 1.54) is 4.90 Å². The minimum absolute atomic E-state index is 0.112. The highest BCUT2D eigenvalue weighted by molar-refractivity contribution is 5.67. The van der Waals surface area contributed by atoms with Crippen LogP contribution in [0.25, 0.3) is 11.4 Å². The molecular formula is C19H17F3N4O3. The number of carbonyl (C=O) groups is 1. The summed E-state index contributed by atoms with van der Waals surface area (Å²) in [6.45, 7) is 2.27. The zero-order valence-electron chi connectivity index (χ0n) is 15.6. The van der Waals surface area contributed by atoms with Gasteiger partial charge in [-0.1, -0.05) is 29.4 Å². The fraction of sp³-hybridized carbons (Fsp3) is 0.263. The second-order valence-corrected chi connectivity index (χ2v) is 6.33. The summed E-state index contributed by atoms with van der Waals surface area (Å²) in [5.74, 6) is -1.56. The zero-order valence-corrected chi connectivity index (χ0v) is 15.6. The van der Waals surface area contributed by atoms with Crippen LogP contribution in [0.5, 0.6) is 0 Å². The van der Waals surface area contributed by atoms with Crippen molar-refractivity contribution >= 4 is 6.09 Å². The number of nitrogens with zero attached hydrogens (tertiary/aromatic N) is 4. The predicted octanol–water partition coefficient (Wildman–Crippen LogP) is 4.23. The number of benzene rings is 1. The smallest absolute Gasteiger partial charge is 0.444 e. The Labute approximate surface area is 164 Å². The largest absolute Gasteiger partial charge is 0.471 e. The van der Waals surface area contributed by atoms with Gasteiger partial charge in [0.05, 0.1) is 0 Å². The monoisotopic (exact) mass is 406 g/mol. The molecule has 0 N–H and O–H groups in total. The summed E-state index contributed by atoms with van der Waals surface area (Å²) in [6.07, 6.45) is -1.90. The molecule has 3 rings (SSSR count). The Balaban J connectivity index is 1.58. The van der Waals surface area contributed by atoms with Gasteiger partial charge in [0.25, 0.3) is 0 Å². The van der Waals surface area contributed by atoms with Crippen molar-refractivity contribution in [1.82, 2.24) is 20.0 Å². The second-order valence-electron chi connectivity index (χ2n) is 6.33. The third-order valence-electron chi connectivity index (χ3n) is 4.11. The van der Waals surface area contributed by atoms with Crippen molar-refractivity contribution in [3.05, 3.63) is 65.3 Å². The van der Waals surface area contributed by atoms with E-state index in [2.05, 4.69) is 19.6 Å². The molecule has 7 nitrogen and oxygen atoms in total. The lowest BCUT2D eigenvalue weighted by Crippen LogP contribution is -2.26. The van der Waals surface area contributed by atoms with Gasteiger partial charge in [0.2, 0.25) is 5.82 Å². The van der Waals surface area contributed by atoms with E-state index in [0.29, 0.717) is 5.56 Å². The highest BCUT2D eigenvalue weighted by Crippen LogP contribution is 2.29. The quantitative estimate of drug-likeness (QED) is 0.631. The van der Waals surface area contributed by atoms with E-state index in [1.807, 2.05) is 13.0 Å². The van der Waals surface area contributed by atoms with E-state index in [4.69, 9.17) is 4.74 Å². The van der Waals surface area contributed by atoms with Crippen LogP contribution in [0.3, 0.4) is 0 Å². The molecule has 0 saturated heterocycles. The Morgan fingerprint density at radius 3 is 2.55 bits per heavy atom. The molecule has 29 heavy (non-hydrogen) atoms. The van der Waals surface area contributed by atoms with Crippen molar-refractivity contribution in [3.63, 3.8) is 0 Å². The van der Waals surface area contributed by atoms with E-state index in [9.17, 15) is 18.0 Å². The number of aryl methyl sites for hydroxylation is 1. The maximum absolute atomic E-state index is 12.5. The fourth-order valence-electron chi connectivity index (χ4n) is 2.45. The summed E-state index contributed by atoms with van der Waals surface area (Å²) in [7, 11) is 1.58. The van der Waals surface area contributed by atoms with E-state index < -0.39 is 18.2 Å². The van der Waals surface area contributed by atoms with Gasteiger partial charge in [0.1, 0.15) is 6.61 Å². The van der Waals surface area contributed by atoms with Crippen molar-refractivity contribution in [1.29, 1.82) is 0 Å². The second kappa shape index (κ2) is 8.29. The molecule has 0 aliphatic rings. The molecule has 2 heterocycles. The van der Waals surface area contributed by atoms with Crippen LogP contribution in [0, 0.1) is 6.92 Å². The van der Waals surface area contributed by atoms with Gasteiger partial charge in [0, 0.05) is 37.1 Å². The molecule has 0 spiro atoms. The van der Waals surface area contributed by atoms with Crippen LogP contribution in [0.15, 0.2) is 47.2 Å². The normalized spacial score (nSPS) is 11.3. The van der Waals surface area contributed by atoms with Gasteiger partial charge in [-0.25, -0.2) is 4.79 Å². The molecular weight excluding hydrogens is 389 g/mol. The van der Waals surface area contributed by atoms with Gasteiger partial charge in [0.15, 0.2) is 0 Å². The third-order valence-corrected chi connectivity index (χ3v) is 4.11. The Morgan fingerprint density at radius 2 is 1.93 bits per heavy atom. The average Bonchev–Trinajstić information content (AvgIpc) is 3.18. The van der Waals surface area contributed by atoms with Crippen molar-refractivity contribution in [2.24, 2.45) is 0 Å². The van der Waals surface area contributed by atoms with Crippen LogP contribution in [0.4, 0.5) is 18.0 Å². The van der Waals surface area contributed by atoms with Gasteiger partial charge < -0.3 is 14.2 Å². The lowest BCUT2D eigenvalue weighted by atomic mass is 10.1. The molecule has 1 amide bonds. The molecule has 0 aliphatic carbocycles. The van der Waals surface area contributed by atoms with Crippen LogP contribution in [0.2, 0.25) is 0 Å². The zero-order chi connectivity index (χ0) is 21.0. The van der Waals surface area contributed by atoms with E-state index in [-0.39, 0.29) is 19.0 Å². The number of ether oxygens (including phenoxy) is 1. The number of rotatable bonds is 5. The third kappa shape index (κ3) is 5.09. The van der Waals surface area contributed by atoms with Crippen molar-refractivity contribution < 1.29 is 27.2 Å². The van der Waals surface area contributed by atoms with E-state index >= 15 is 0 Å². The summed E-state index contributed by atoms with van der Waals surface area (Å²) in [5.41, 5.74) is 2.91. The molecule has 0 aliphatic heterocycles. The minimum atomic E-state index is -4.69. The number of halogens is 3. The lowest BCUT2D eigenvalue weighted by Gasteiger charge is -2.17. The van der Waals surface area contributed by atoms with Crippen molar-refractivity contribution in [2.45, 2.75) is 26.3 Å². The van der Waals surface area contributed by atoms with Crippen molar-refractivity contribution in [2.75, 3.05) is 7.05 Å². The summed E-state index contributed by atoms with van der Waals surface area (Å²) < 4.78 is 47.1. The standard InChI is InChI=1S/C19H17F3N4O3/c1-12-7-8-23-9-15(12)11-28-18(27)26(2)10-13-3-5-14(6-4-13)16-24-17(29-25-16)19(20,21)22/h3-9H,10-11H2,1-2H3. The predicted molar refractivity (Wildman–Crippen MR) is 95.4 cm³/mol. The summed E-state index contributed by atoms with van der Waals surface area (Å²) in [6, 6.07) is 8.26. The molecule has 0 bridgehead atoms. The van der Waals surface area contributed by atoms with E-state index in [0.717, 1.165) is 16.7 Å². The molecule has 152 valence electrons. The first-order chi connectivity index (χ1) is 13.7. The molecule has 0 unspecified atom stereocenters. The van der Waals surface area contributed by atoms with Crippen LogP contribution in [-0.4, -0.2) is 33.2 Å². The number of amides is 1. The maximum Gasteiger partial charge on any atom is 0.471 e. The van der Waals surface area contributed by atoms with Gasteiger partial charge in [-0.05, 0) is 24.1 Å². The molecule has 10 heteroatoms. The fourth-order valence-corrected chi connectivity index (χ4v) is 2.45. The molecule has 1 aromatic carbocycles. The Hall–Kier alpha value is -3.43. The number of alkyl halides is 3. The van der Waals surface area contributed by atoms with Crippen LogP contribution in [-0.2, 0) is 24.1 Å². The molecule has 0 radical (unpaired) electrons. The highest BCUT2D eigenvalue weighted by atomic mass is 19.4. The number of hydrogen-bond donors (Lipinski definition) is 0. The van der Waals surface area contributed by atoms with Gasteiger partial charge in [-0.15, -0.1) is 0 Å². The van der Waals surface area contributed by atoms with Crippen LogP contribution in [0.1, 0.15) is 22.6 Å². The number of hydrogen-bond acceptors (Lipinski definition) is 6. The lowest BCUT2D eigenvalue weighted by molar-refractivity contribution is -0.159. The summed E-state index contributed by atoms with van der Waals surface area (Å²) >= 11 is 0. The summed E-state index contributed by atoms with van der Waals surface area (Å²) in [4.78, 5) is 20.9. The Kier molecular flexibility index (Phi) is 5.81. The SMILES string of the molecule is Cc1ccncc1COC(=O)N(C)Cc1ccc(-c2noc(C(F)(F)F)n2)cc1. The topological polar surface area (TPSA) is 81.4 Å². The van der Waals surface area contributed by atoms with Crippen molar-refractivity contribution in [3.8, 4) is 11.4 Å². The Morgan fingerprint density at radius 1 is 1.21 bits per heavy atom. The molecule has 2 aromatic heterocycles. The number of carbonyl (C=O) groups excluding carboxylic acids is 1. The summed E-state index contributed by atoms with van der Waals surface area (Å²) in [5, 5.41) is 3.34. The van der Waals surface area contributed by atoms with Crippen LogP contribution >= 0.6 is 0 Å². The first-order valence-corrected chi connectivity index (χ1v) is 8.51. The average molecular weight is 406 g/mol. The molecule has 0 atom stereocenters. The maximum atomic E-state index is 12.5. The number of aromatic nitrogens is 3. The van der Waals surface area contributed by atoms with E-state index in [1.54, 1.807) is 43.7 Å². The van der Waals surface area contributed by atoms with Gasteiger partial charge >= 0.3 is 18.2 Å². The minimum Gasteiger partial charge on any atom is -0.444 e. The molecule has 0 saturated carbocycles. The molecule has 3 aromatic rings. The molecule has 0 fully saturated rings. The van der Waals surface area contributed by atoms with Gasteiger partial charge in [-0.3, -0.25) is 4.98 Å². The van der Waals surface area contributed by atoms with Gasteiger partial charge in [-0.2, -0.15) is 18.2 Å². The Bertz CT molecular complexity index is 987.